The lowest BCUT2D eigenvalue weighted by atomic mass is 10.1. The fourth-order valence-electron chi connectivity index (χ4n) is 2.13. The number of aryl methyl sites for hydroxylation is 1. The van der Waals surface area contributed by atoms with E-state index in [1.807, 2.05) is 0 Å². The first kappa shape index (κ1) is 11.6. The molecule has 19 heavy (non-hydrogen) atoms. The van der Waals surface area contributed by atoms with Crippen molar-refractivity contribution in [3.05, 3.63) is 46.6 Å². The molecule has 0 N–H and O–H groups in total. The lowest BCUT2D eigenvalue weighted by Gasteiger charge is -2.38. The molecule has 2 aromatic heterocycles. The number of hydrogen-bond donors (Lipinski definition) is 0. The van der Waals surface area contributed by atoms with Crippen LogP contribution in [0.3, 0.4) is 0 Å². The van der Waals surface area contributed by atoms with Gasteiger partial charge in [0.1, 0.15) is 5.56 Å². The van der Waals surface area contributed by atoms with Gasteiger partial charge >= 0.3 is 0 Å². The van der Waals surface area contributed by atoms with E-state index in [-0.39, 0.29) is 23.1 Å². The van der Waals surface area contributed by atoms with E-state index in [9.17, 15) is 9.59 Å². The molecule has 1 amide bonds. The molecule has 7 heteroatoms. The van der Waals surface area contributed by atoms with Gasteiger partial charge in [-0.25, -0.2) is 4.68 Å². The second kappa shape index (κ2) is 4.34. The molecule has 0 atom stereocenters. The number of nitrogens with zero attached hydrogens (tertiary/aromatic N) is 5. The van der Waals surface area contributed by atoms with Gasteiger partial charge in [0.2, 0.25) is 0 Å². The Morgan fingerprint density at radius 2 is 2.16 bits per heavy atom. The van der Waals surface area contributed by atoms with Gasteiger partial charge in [-0.2, -0.15) is 0 Å². The number of carbonyl (C=O) groups is 1. The van der Waals surface area contributed by atoms with Crippen LogP contribution < -0.4 is 5.56 Å². The normalized spacial score (nSPS) is 15.3. The van der Waals surface area contributed by atoms with Crippen LogP contribution in [0.4, 0.5) is 0 Å². The molecular formula is C12H13N5O2. The summed E-state index contributed by atoms with van der Waals surface area (Å²) in [5.74, 6) is -0.224. The highest BCUT2D eigenvalue weighted by molar-refractivity contribution is 5.94. The minimum atomic E-state index is -0.267. The van der Waals surface area contributed by atoms with Crippen molar-refractivity contribution in [3.63, 3.8) is 0 Å². The lowest BCUT2D eigenvalue weighted by molar-refractivity contribution is 0.0496. The third kappa shape index (κ3) is 1.92. The van der Waals surface area contributed by atoms with Gasteiger partial charge in [-0.3, -0.25) is 9.59 Å². The number of rotatable bonds is 2. The Kier molecular flexibility index (Phi) is 2.66. The van der Waals surface area contributed by atoms with Crippen molar-refractivity contribution in [3.8, 4) is 0 Å². The maximum absolute atomic E-state index is 12.2. The van der Waals surface area contributed by atoms with Gasteiger partial charge in [0.25, 0.3) is 11.5 Å². The summed E-state index contributed by atoms with van der Waals surface area (Å²) in [7, 11) is 1.63. The highest BCUT2D eigenvalue weighted by Gasteiger charge is 2.33. The summed E-state index contributed by atoms with van der Waals surface area (Å²) < 4.78 is 3.13. The van der Waals surface area contributed by atoms with E-state index in [0.29, 0.717) is 13.1 Å². The molecule has 0 aliphatic carbocycles. The summed E-state index contributed by atoms with van der Waals surface area (Å²) in [6.45, 7) is 1.11. The number of pyridine rings is 1. The molecule has 7 nitrogen and oxygen atoms in total. The molecule has 0 aromatic carbocycles. The van der Waals surface area contributed by atoms with Crippen LogP contribution in [0.2, 0.25) is 0 Å². The summed E-state index contributed by atoms with van der Waals surface area (Å²) in [5.41, 5.74) is -0.0567. The van der Waals surface area contributed by atoms with Crippen molar-refractivity contribution in [1.29, 1.82) is 0 Å². The maximum Gasteiger partial charge on any atom is 0.263 e. The van der Waals surface area contributed by atoms with Crippen molar-refractivity contribution >= 4 is 5.91 Å². The minimum absolute atomic E-state index is 0.152. The average molecular weight is 259 g/mol. The summed E-state index contributed by atoms with van der Waals surface area (Å²) in [6, 6.07) is 3.41. The molecule has 1 aliphatic heterocycles. The molecule has 0 bridgehead atoms. The number of carbonyl (C=O) groups excluding carboxylic acids is 1. The average Bonchev–Trinajstić information content (AvgIpc) is 2.84. The van der Waals surface area contributed by atoms with Crippen molar-refractivity contribution < 1.29 is 4.79 Å². The Morgan fingerprint density at radius 1 is 1.37 bits per heavy atom. The van der Waals surface area contributed by atoms with Crippen LogP contribution in [0.1, 0.15) is 16.4 Å². The Hall–Kier alpha value is -2.44. The Balaban J connectivity index is 1.74. The summed E-state index contributed by atoms with van der Waals surface area (Å²) in [5, 5.41) is 7.63. The van der Waals surface area contributed by atoms with E-state index < -0.39 is 0 Å². The number of hydrogen-bond acceptors (Lipinski definition) is 4. The second-order valence-corrected chi connectivity index (χ2v) is 4.58. The van der Waals surface area contributed by atoms with Crippen LogP contribution in [0.25, 0.3) is 0 Å². The molecular weight excluding hydrogens is 246 g/mol. The van der Waals surface area contributed by atoms with Crippen molar-refractivity contribution in [1.82, 2.24) is 24.5 Å². The molecule has 3 rings (SSSR count). The lowest BCUT2D eigenvalue weighted by Crippen LogP contribution is -2.52. The molecule has 98 valence electrons. The third-order valence-corrected chi connectivity index (χ3v) is 3.32. The smallest absolute Gasteiger partial charge is 0.263 e. The topological polar surface area (TPSA) is 73.0 Å². The molecule has 0 unspecified atom stereocenters. The van der Waals surface area contributed by atoms with E-state index in [1.165, 1.54) is 4.57 Å². The number of likely N-dealkylation sites (tertiary alicyclic amines) is 1. The summed E-state index contributed by atoms with van der Waals surface area (Å²) in [6.07, 6.45) is 5.01. The van der Waals surface area contributed by atoms with Crippen LogP contribution in [-0.4, -0.2) is 43.5 Å². The van der Waals surface area contributed by atoms with Gasteiger partial charge in [-0.15, -0.1) is 5.10 Å². The van der Waals surface area contributed by atoms with E-state index >= 15 is 0 Å². The van der Waals surface area contributed by atoms with Gasteiger partial charge in [0.15, 0.2) is 0 Å². The van der Waals surface area contributed by atoms with Crippen LogP contribution in [-0.2, 0) is 7.05 Å². The van der Waals surface area contributed by atoms with Gasteiger partial charge < -0.3 is 9.47 Å². The van der Waals surface area contributed by atoms with Gasteiger partial charge in [-0.1, -0.05) is 5.21 Å². The van der Waals surface area contributed by atoms with Crippen LogP contribution in [0.5, 0.6) is 0 Å². The maximum atomic E-state index is 12.2. The van der Waals surface area contributed by atoms with E-state index in [1.54, 1.807) is 47.4 Å². The zero-order chi connectivity index (χ0) is 13.4. The first-order chi connectivity index (χ1) is 9.16. The molecule has 2 aromatic rings. The van der Waals surface area contributed by atoms with Crippen LogP contribution in [0.15, 0.2) is 35.5 Å². The highest BCUT2D eigenvalue weighted by atomic mass is 16.2. The Morgan fingerprint density at radius 3 is 2.84 bits per heavy atom. The van der Waals surface area contributed by atoms with Gasteiger partial charge in [0, 0.05) is 32.5 Å². The quantitative estimate of drug-likeness (QED) is 0.740. The standard InChI is InChI=1S/C12H13N5O2/c1-15-5-2-3-10(11(15)18)12(19)16-7-9(8-16)17-6-4-13-14-17/h2-6,9H,7-8H2,1H3. The molecule has 0 spiro atoms. The third-order valence-electron chi connectivity index (χ3n) is 3.32. The Bertz CT molecular complexity index is 655. The van der Waals surface area contributed by atoms with Crippen molar-refractivity contribution in [2.24, 2.45) is 7.05 Å². The first-order valence-corrected chi connectivity index (χ1v) is 5.97. The Labute approximate surface area is 109 Å². The van der Waals surface area contributed by atoms with Crippen molar-refractivity contribution in [2.45, 2.75) is 6.04 Å². The largest absolute Gasteiger partial charge is 0.334 e. The van der Waals surface area contributed by atoms with Gasteiger partial charge in [-0.05, 0) is 12.1 Å². The SMILES string of the molecule is Cn1cccc(C(=O)N2CC(n3ccnn3)C2)c1=O. The highest BCUT2D eigenvalue weighted by Crippen LogP contribution is 2.21. The predicted octanol–water partition coefficient (Wildman–Crippen LogP) is -0.326. The molecule has 3 heterocycles. The number of amides is 1. The molecule has 0 saturated carbocycles. The van der Waals surface area contributed by atoms with E-state index in [2.05, 4.69) is 10.3 Å². The summed E-state index contributed by atoms with van der Waals surface area (Å²) in [4.78, 5) is 25.7. The molecule has 1 saturated heterocycles. The minimum Gasteiger partial charge on any atom is -0.334 e. The fourth-order valence-corrected chi connectivity index (χ4v) is 2.13. The van der Waals surface area contributed by atoms with Crippen LogP contribution in [0, 0.1) is 0 Å². The first-order valence-electron chi connectivity index (χ1n) is 5.97. The second-order valence-electron chi connectivity index (χ2n) is 4.58. The summed E-state index contributed by atoms with van der Waals surface area (Å²) >= 11 is 0. The molecule has 0 radical (unpaired) electrons. The molecule has 1 aliphatic rings. The zero-order valence-electron chi connectivity index (χ0n) is 10.4. The van der Waals surface area contributed by atoms with E-state index in [4.69, 9.17) is 0 Å². The zero-order valence-corrected chi connectivity index (χ0v) is 10.4. The van der Waals surface area contributed by atoms with Crippen molar-refractivity contribution in [2.75, 3.05) is 13.1 Å². The predicted molar refractivity (Wildman–Crippen MR) is 66.6 cm³/mol. The van der Waals surface area contributed by atoms with Gasteiger partial charge in [0.05, 0.1) is 12.2 Å². The monoisotopic (exact) mass is 259 g/mol. The number of aromatic nitrogens is 4. The van der Waals surface area contributed by atoms with E-state index in [0.717, 1.165) is 0 Å². The fraction of sp³-hybridized carbons (Fsp3) is 0.333. The molecule has 1 fully saturated rings. The van der Waals surface area contributed by atoms with Crippen LogP contribution >= 0.6 is 0 Å².